The third-order valence-corrected chi connectivity index (χ3v) is 3.32. The van der Waals surface area contributed by atoms with Crippen LogP contribution in [0.2, 0.25) is 0 Å². The number of rotatable bonds is 6. The molecule has 0 bridgehead atoms. The quantitative estimate of drug-likeness (QED) is 0.803. The number of aromatic nitrogens is 3. The summed E-state index contributed by atoms with van der Waals surface area (Å²) in [7, 11) is 0. The first-order chi connectivity index (χ1) is 8.28. The first-order valence-corrected chi connectivity index (χ1v) is 6.35. The first-order valence-electron chi connectivity index (χ1n) is 5.54. The smallest absolute Gasteiger partial charge is 0.0964 e. The van der Waals surface area contributed by atoms with Gasteiger partial charge in [-0.05, 0) is 19.1 Å². The van der Waals surface area contributed by atoms with Crippen LogP contribution in [-0.2, 0) is 19.6 Å². The average Bonchev–Trinajstić information content (AvgIpc) is 2.89. The van der Waals surface area contributed by atoms with E-state index in [1.165, 1.54) is 9.75 Å². The van der Waals surface area contributed by atoms with Crippen LogP contribution in [0.5, 0.6) is 0 Å². The second-order valence-corrected chi connectivity index (χ2v) is 5.18. The first kappa shape index (κ1) is 12.2. The summed E-state index contributed by atoms with van der Waals surface area (Å²) in [4.78, 5) is 2.65. The monoisotopic (exact) mass is 252 g/mol. The number of nitrogens with one attached hydrogen (secondary N) is 1. The Kier molecular flexibility index (Phi) is 4.24. The van der Waals surface area contributed by atoms with Crippen molar-refractivity contribution in [1.82, 2.24) is 20.3 Å². The molecule has 0 saturated heterocycles. The van der Waals surface area contributed by atoms with Crippen molar-refractivity contribution >= 4 is 11.3 Å². The van der Waals surface area contributed by atoms with Crippen molar-refractivity contribution in [3.05, 3.63) is 33.8 Å². The molecule has 0 saturated carbocycles. The van der Waals surface area contributed by atoms with Crippen LogP contribution in [0.15, 0.2) is 18.3 Å². The SMILES string of the molecule is Cc1ccc(CNCc2cn(CCO)nn2)s1. The van der Waals surface area contributed by atoms with Crippen molar-refractivity contribution < 1.29 is 5.11 Å². The number of hydrogen-bond acceptors (Lipinski definition) is 5. The van der Waals surface area contributed by atoms with Gasteiger partial charge >= 0.3 is 0 Å². The Morgan fingerprint density at radius 1 is 1.41 bits per heavy atom. The molecule has 6 heteroatoms. The number of nitrogens with zero attached hydrogens (tertiary/aromatic N) is 3. The maximum atomic E-state index is 8.75. The molecule has 0 aliphatic heterocycles. The van der Waals surface area contributed by atoms with E-state index in [1.54, 1.807) is 16.0 Å². The molecule has 0 unspecified atom stereocenters. The molecule has 0 amide bonds. The number of hydrogen-bond donors (Lipinski definition) is 2. The molecule has 0 aliphatic carbocycles. The Bertz CT molecular complexity index is 465. The fourth-order valence-electron chi connectivity index (χ4n) is 1.53. The molecule has 0 atom stereocenters. The molecule has 92 valence electrons. The van der Waals surface area contributed by atoms with Gasteiger partial charge in [-0.1, -0.05) is 5.21 Å². The van der Waals surface area contributed by atoms with Gasteiger partial charge in [0.1, 0.15) is 0 Å². The predicted octanol–water partition coefficient (Wildman–Crippen LogP) is 0.930. The standard InChI is InChI=1S/C11H16N4OS/c1-9-2-3-11(17-9)7-12-6-10-8-15(4-5-16)14-13-10/h2-3,8,12,16H,4-7H2,1H3. The highest BCUT2D eigenvalue weighted by atomic mass is 32.1. The summed E-state index contributed by atoms with van der Waals surface area (Å²) in [6.07, 6.45) is 1.85. The van der Waals surface area contributed by atoms with E-state index < -0.39 is 0 Å². The predicted molar refractivity (Wildman–Crippen MR) is 66.7 cm³/mol. The van der Waals surface area contributed by atoms with Gasteiger partial charge in [0.05, 0.1) is 18.8 Å². The molecule has 2 heterocycles. The van der Waals surface area contributed by atoms with Gasteiger partial charge in [0, 0.05) is 29.0 Å². The molecule has 2 rings (SSSR count). The Labute approximate surface area is 104 Å². The second-order valence-electron chi connectivity index (χ2n) is 3.81. The van der Waals surface area contributed by atoms with Crippen LogP contribution >= 0.6 is 11.3 Å². The molecule has 2 aromatic rings. The molecule has 17 heavy (non-hydrogen) atoms. The summed E-state index contributed by atoms with van der Waals surface area (Å²) in [5.74, 6) is 0. The topological polar surface area (TPSA) is 63.0 Å². The molecular formula is C11H16N4OS. The lowest BCUT2D eigenvalue weighted by molar-refractivity contribution is 0.268. The van der Waals surface area contributed by atoms with E-state index in [9.17, 15) is 0 Å². The third kappa shape index (κ3) is 3.62. The molecule has 0 radical (unpaired) electrons. The summed E-state index contributed by atoms with van der Waals surface area (Å²) in [6.45, 7) is 4.24. The maximum Gasteiger partial charge on any atom is 0.0964 e. The van der Waals surface area contributed by atoms with E-state index in [1.807, 2.05) is 6.20 Å². The third-order valence-electron chi connectivity index (χ3n) is 2.32. The number of aliphatic hydroxyl groups is 1. The van der Waals surface area contributed by atoms with Crippen LogP contribution in [0, 0.1) is 6.92 Å². The summed E-state index contributed by atoms with van der Waals surface area (Å²) in [6, 6.07) is 4.26. The zero-order chi connectivity index (χ0) is 12.1. The molecular weight excluding hydrogens is 236 g/mol. The second kappa shape index (κ2) is 5.90. The Balaban J connectivity index is 1.77. The lowest BCUT2D eigenvalue weighted by atomic mass is 10.4. The maximum absolute atomic E-state index is 8.75. The Hall–Kier alpha value is -1.24. The van der Waals surface area contributed by atoms with E-state index in [0.717, 1.165) is 12.2 Å². The lowest BCUT2D eigenvalue weighted by Crippen LogP contribution is -2.12. The number of thiophene rings is 1. The fraction of sp³-hybridized carbons (Fsp3) is 0.455. The van der Waals surface area contributed by atoms with Crippen LogP contribution in [0.3, 0.4) is 0 Å². The molecule has 2 aromatic heterocycles. The van der Waals surface area contributed by atoms with Crippen molar-refractivity contribution in [1.29, 1.82) is 0 Å². The van der Waals surface area contributed by atoms with Crippen LogP contribution in [0.4, 0.5) is 0 Å². The zero-order valence-electron chi connectivity index (χ0n) is 9.76. The van der Waals surface area contributed by atoms with Crippen molar-refractivity contribution in [3.63, 3.8) is 0 Å². The molecule has 2 N–H and O–H groups in total. The highest BCUT2D eigenvalue weighted by Crippen LogP contribution is 2.14. The minimum atomic E-state index is 0.0880. The summed E-state index contributed by atoms with van der Waals surface area (Å²) in [5, 5.41) is 20.0. The Morgan fingerprint density at radius 3 is 3.00 bits per heavy atom. The van der Waals surface area contributed by atoms with E-state index in [4.69, 9.17) is 5.11 Å². The van der Waals surface area contributed by atoms with Crippen molar-refractivity contribution in [2.24, 2.45) is 0 Å². The largest absolute Gasteiger partial charge is 0.394 e. The van der Waals surface area contributed by atoms with Gasteiger partial charge in [0.15, 0.2) is 0 Å². The van der Waals surface area contributed by atoms with E-state index >= 15 is 0 Å². The van der Waals surface area contributed by atoms with Gasteiger partial charge < -0.3 is 10.4 Å². The van der Waals surface area contributed by atoms with Crippen LogP contribution in [0.1, 0.15) is 15.4 Å². The van der Waals surface area contributed by atoms with Gasteiger partial charge in [-0.2, -0.15) is 0 Å². The van der Waals surface area contributed by atoms with Crippen LogP contribution in [-0.4, -0.2) is 26.7 Å². The number of aryl methyl sites for hydroxylation is 1. The average molecular weight is 252 g/mol. The molecule has 0 fully saturated rings. The van der Waals surface area contributed by atoms with Gasteiger partial charge in [0.2, 0.25) is 0 Å². The molecule has 5 nitrogen and oxygen atoms in total. The Morgan fingerprint density at radius 2 is 2.29 bits per heavy atom. The lowest BCUT2D eigenvalue weighted by Gasteiger charge is -1.99. The summed E-state index contributed by atoms with van der Waals surface area (Å²) in [5.41, 5.74) is 0.895. The minimum Gasteiger partial charge on any atom is -0.394 e. The number of aliphatic hydroxyl groups excluding tert-OH is 1. The van der Waals surface area contributed by atoms with Crippen molar-refractivity contribution in [2.75, 3.05) is 6.61 Å². The van der Waals surface area contributed by atoms with Crippen molar-refractivity contribution in [2.45, 2.75) is 26.6 Å². The van der Waals surface area contributed by atoms with Gasteiger partial charge in [-0.25, -0.2) is 4.68 Å². The van der Waals surface area contributed by atoms with Gasteiger partial charge in [-0.15, -0.1) is 16.4 Å². The highest BCUT2D eigenvalue weighted by molar-refractivity contribution is 7.11. The van der Waals surface area contributed by atoms with Crippen LogP contribution < -0.4 is 5.32 Å². The normalized spacial score (nSPS) is 10.9. The minimum absolute atomic E-state index is 0.0880. The van der Waals surface area contributed by atoms with Crippen molar-refractivity contribution in [3.8, 4) is 0 Å². The van der Waals surface area contributed by atoms with E-state index in [2.05, 4.69) is 34.7 Å². The molecule has 0 aromatic carbocycles. The van der Waals surface area contributed by atoms with Gasteiger partial charge in [-0.3, -0.25) is 0 Å². The van der Waals surface area contributed by atoms with Crippen LogP contribution in [0.25, 0.3) is 0 Å². The highest BCUT2D eigenvalue weighted by Gasteiger charge is 2.01. The summed E-state index contributed by atoms with van der Waals surface area (Å²) >= 11 is 1.80. The van der Waals surface area contributed by atoms with E-state index in [0.29, 0.717) is 13.1 Å². The van der Waals surface area contributed by atoms with E-state index in [-0.39, 0.29) is 6.61 Å². The fourth-order valence-corrected chi connectivity index (χ4v) is 2.39. The molecule has 0 spiro atoms. The zero-order valence-corrected chi connectivity index (χ0v) is 10.6. The summed E-state index contributed by atoms with van der Waals surface area (Å²) < 4.78 is 1.65. The molecule has 0 aliphatic rings. The van der Waals surface area contributed by atoms with Gasteiger partial charge in [0.25, 0.3) is 0 Å².